The summed E-state index contributed by atoms with van der Waals surface area (Å²) in [6.07, 6.45) is 0.565. The average Bonchev–Trinajstić information content (AvgIpc) is 2.39. The van der Waals surface area contributed by atoms with Crippen LogP contribution in [-0.4, -0.2) is 25.0 Å². The maximum absolute atomic E-state index is 11.8. The van der Waals surface area contributed by atoms with E-state index in [2.05, 4.69) is 0 Å². The molecule has 0 aliphatic carbocycles. The molecule has 1 aliphatic heterocycles. The minimum atomic E-state index is -3.16. The van der Waals surface area contributed by atoms with Crippen molar-refractivity contribution in [3.8, 4) is 6.07 Å². The highest BCUT2D eigenvalue weighted by Gasteiger charge is 2.26. The summed E-state index contributed by atoms with van der Waals surface area (Å²) < 4.78 is 25.1. The van der Waals surface area contributed by atoms with Gasteiger partial charge in [-0.15, -0.1) is 0 Å². The SMILES string of the molecule is CCS(=O)(=O)N1CCc2c(ccc(C#N)c2N)C1. The summed E-state index contributed by atoms with van der Waals surface area (Å²) in [5.41, 5.74) is 8.67. The van der Waals surface area contributed by atoms with Gasteiger partial charge in [0.1, 0.15) is 6.07 Å². The van der Waals surface area contributed by atoms with Crippen LogP contribution < -0.4 is 5.73 Å². The highest BCUT2D eigenvalue weighted by Crippen LogP contribution is 2.28. The fourth-order valence-electron chi connectivity index (χ4n) is 2.18. The summed E-state index contributed by atoms with van der Waals surface area (Å²) in [5.74, 6) is 0.105. The van der Waals surface area contributed by atoms with Crippen LogP contribution in [0.25, 0.3) is 0 Å². The lowest BCUT2D eigenvalue weighted by Gasteiger charge is -2.28. The van der Waals surface area contributed by atoms with Crippen LogP contribution in [-0.2, 0) is 23.0 Å². The van der Waals surface area contributed by atoms with Gasteiger partial charge in [0, 0.05) is 13.1 Å². The Labute approximate surface area is 107 Å². The number of fused-ring (bicyclic) bond motifs is 1. The molecular formula is C12H15N3O2S. The van der Waals surface area contributed by atoms with Crippen molar-refractivity contribution in [3.05, 3.63) is 28.8 Å². The minimum Gasteiger partial charge on any atom is -0.397 e. The molecule has 0 unspecified atom stereocenters. The van der Waals surface area contributed by atoms with Crippen LogP contribution in [0.15, 0.2) is 12.1 Å². The van der Waals surface area contributed by atoms with E-state index in [1.54, 1.807) is 19.1 Å². The molecule has 1 aromatic carbocycles. The number of nitrogens with two attached hydrogens (primary N) is 1. The third-order valence-electron chi connectivity index (χ3n) is 3.29. The van der Waals surface area contributed by atoms with Crippen LogP contribution in [0.5, 0.6) is 0 Å². The van der Waals surface area contributed by atoms with E-state index in [-0.39, 0.29) is 5.75 Å². The molecule has 0 atom stereocenters. The van der Waals surface area contributed by atoms with E-state index in [9.17, 15) is 8.42 Å². The molecule has 5 nitrogen and oxygen atoms in total. The van der Waals surface area contributed by atoms with Gasteiger partial charge in [0.25, 0.3) is 0 Å². The Balaban J connectivity index is 2.39. The smallest absolute Gasteiger partial charge is 0.214 e. The van der Waals surface area contributed by atoms with Crippen LogP contribution in [0, 0.1) is 11.3 Å². The predicted octanol–water partition coefficient (Wildman–Crippen LogP) is 0.848. The maximum Gasteiger partial charge on any atom is 0.214 e. The second-order valence-electron chi connectivity index (χ2n) is 4.26. The van der Waals surface area contributed by atoms with Gasteiger partial charge in [-0.3, -0.25) is 0 Å². The Morgan fingerprint density at radius 2 is 2.22 bits per heavy atom. The van der Waals surface area contributed by atoms with E-state index in [0.29, 0.717) is 30.8 Å². The summed E-state index contributed by atoms with van der Waals surface area (Å²) in [7, 11) is -3.16. The van der Waals surface area contributed by atoms with Gasteiger partial charge in [-0.05, 0) is 30.5 Å². The summed E-state index contributed by atoms with van der Waals surface area (Å²) in [6.45, 7) is 2.42. The lowest BCUT2D eigenvalue weighted by molar-refractivity contribution is 0.392. The molecule has 18 heavy (non-hydrogen) atoms. The molecule has 0 bridgehead atoms. The Morgan fingerprint density at radius 3 is 2.83 bits per heavy atom. The van der Waals surface area contributed by atoms with E-state index >= 15 is 0 Å². The molecule has 0 amide bonds. The van der Waals surface area contributed by atoms with E-state index < -0.39 is 10.0 Å². The first-order valence-electron chi connectivity index (χ1n) is 5.77. The quantitative estimate of drug-likeness (QED) is 0.803. The fraction of sp³-hybridized carbons (Fsp3) is 0.417. The first-order chi connectivity index (χ1) is 8.49. The highest BCUT2D eigenvalue weighted by molar-refractivity contribution is 7.89. The number of hydrogen-bond donors (Lipinski definition) is 1. The van der Waals surface area contributed by atoms with Crippen LogP contribution >= 0.6 is 0 Å². The van der Waals surface area contributed by atoms with E-state index in [1.807, 2.05) is 6.07 Å². The standard InChI is InChI=1S/C12H15N3O2S/c1-2-18(16,17)15-6-5-11-10(8-15)4-3-9(7-13)12(11)14/h3-4H,2,5-6,8,14H2,1H3. The normalized spacial score (nSPS) is 16.0. The van der Waals surface area contributed by atoms with Gasteiger partial charge in [0.05, 0.1) is 17.0 Å². The molecule has 0 radical (unpaired) electrons. The topological polar surface area (TPSA) is 87.2 Å². The molecule has 6 heteroatoms. The number of nitrogen functional groups attached to an aromatic ring is 1. The molecule has 2 N–H and O–H groups in total. The fourth-order valence-corrected chi connectivity index (χ4v) is 3.25. The van der Waals surface area contributed by atoms with E-state index in [4.69, 9.17) is 11.0 Å². The number of anilines is 1. The van der Waals surface area contributed by atoms with Crippen LogP contribution in [0.4, 0.5) is 5.69 Å². The molecular weight excluding hydrogens is 250 g/mol. The molecule has 0 spiro atoms. The zero-order valence-corrected chi connectivity index (χ0v) is 11.0. The second kappa shape index (κ2) is 4.59. The molecule has 1 aromatic rings. The van der Waals surface area contributed by atoms with E-state index in [1.165, 1.54) is 4.31 Å². The number of sulfonamides is 1. The summed E-state index contributed by atoms with van der Waals surface area (Å²) >= 11 is 0. The van der Waals surface area contributed by atoms with Crippen LogP contribution in [0.2, 0.25) is 0 Å². The highest BCUT2D eigenvalue weighted by atomic mass is 32.2. The molecule has 0 saturated heterocycles. The molecule has 0 fully saturated rings. The zero-order chi connectivity index (χ0) is 13.3. The lowest BCUT2D eigenvalue weighted by Crippen LogP contribution is -2.37. The van der Waals surface area contributed by atoms with Gasteiger partial charge in [-0.25, -0.2) is 8.42 Å². The monoisotopic (exact) mass is 265 g/mol. The lowest BCUT2D eigenvalue weighted by atomic mass is 9.96. The predicted molar refractivity (Wildman–Crippen MR) is 69.1 cm³/mol. The van der Waals surface area contributed by atoms with Crippen LogP contribution in [0.1, 0.15) is 23.6 Å². The van der Waals surface area contributed by atoms with Crippen molar-refractivity contribution in [2.45, 2.75) is 19.9 Å². The minimum absolute atomic E-state index is 0.105. The maximum atomic E-state index is 11.8. The first-order valence-corrected chi connectivity index (χ1v) is 7.38. The molecule has 0 aromatic heterocycles. The van der Waals surface area contributed by atoms with Crippen LogP contribution in [0.3, 0.4) is 0 Å². The van der Waals surface area contributed by atoms with Gasteiger partial charge in [-0.2, -0.15) is 9.57 Å². The van der Waals surface area contributed by atoms with Crippen molar-refractivity contribution in [2.24, 2.45) is 0 Å². The van der Waals surface area contributed by atoms with Gasteiger partial charge < -0.3 is 5.73 Å². The van der Waals surface area contributed by atoms with Crippen molar-refractivity contribution in [1.82, 2.24) is 4.31 Å². The number of rotatable bonds is 2. The van der Waals surface area contributed by atoms with Gasteiger partial charge in [0.2, 0.25) is 10.0 Å². The molecule has 0 saturated carbocycles. The second-order valence-corrected chi connectivity index (χ2v) is 6.52. The Bertz CT molecular complexity index is 617. The van der Waals surface area contributed by atoms with E-state index in [0.717, 1.165) is 11.1 Å². The summed E-state index contributed by atoms with van der Waals surface area (Å²) in [5, 5.41) is 8.90. The van der Waals surface area contributed by atoms with Gasteiger partial charge in [-0.1, -0.05) is 6.07 Å². The Hall–Kier alpha value is -1.58. The van der Waals surface area contributed by atoms with Crippen molar-refractivity contribution >= 4 is 15.7 Å². The number of benzene rings is 1. The van der Waals surface area contributed by atoms with Crippen molar-refractivity contribution in [2.75, 3.05) is 18.0 Å². The van der Waals surface area contributed by atoms with Crippen molar-refractivity contribution in [3.63, 3.8) is 0 Å². The Kier molecular flexibility index (Phi) is 3.28. The number of nitriles is 1. The third kappa shape index (κ3) is 2.07. The van der Waals surface area contributed by atoms with Gasteiger partial charge in [0.15, 0.2) is 0 Å². The molecule has 96 valence electrons. The number of nitrogens with zero attached hydrogens (tertiary/aromatic N) is 2. The molecule has 2 rings (SSSR count). The van der Waals surface area contributed by atoms with Gasteiger partial charge >= 0.3 is 0 Å². The molecule has 1 heterocycles. The molecule has 1 aliphatic rings. The zero-order valence-electron chi connectivity index (χ0n) is 10.2. The largest absolute Gasteiger partial charge is 0.397 e. The van der Waals surface area contributed by atoms with Crippen molar-refractivity contribution in [1.29, 1.82) is 5.26 Å². The first kappa shape index (κ1) is 12.9. The summed E-state index contributed by atoms with van der Waals surface area (Å²) in [6, 6.07) is 5.48. The third-order valence-corrected chi connectivity index (χ3v) is 5.12. The number of hydrogen-bond acceptors (Lipinski definition) is 4. The summed E-state index contributed by atoms with van der Waals surface area (Å²) in [4.78, 5) is 0. The Morgan fingerprint density at radius 1 is 1.50 bits per heavy atom. The van der Waals surface area contributed by atoms with Crippen molar-refractivity contribution < 1.29 is 8.42 Å². The average molecular weight is 265 g/mol.